The van der Waals surface area contributed by atoms with Gasteiger partial charge in [-0.3, -0.25) is 0 Å². The Morgan fingerprint density at radius 3 is 2.35 bits per heavy atom. The Bertz CT molecular complexity index is 616. The molecule has 0 unspecified atom stereocenters. The van der Waals surface area contributed by atoms with Gasteiger partial charge in [-0.1, -0.05) is 13.0 Å². The molecule has 20 heavy (non-hydrogen) atoms. The lowest BCUT2D eigenvalue weighted by Gasteiger charge is -2.32. The second-order valence-electron chi connectivity index (χ2n) is 6.74. The average Bonchev–Trinajstić information content (AvgIpc) is 2.90. The molecule has 106 valence electrons. The number of hydrogen-bond acceptors (Lipinski definition) is 2. The molecule has 1 aromatic carbocycles. The normalized spacial score (nSPS) is 22.4. The SMILES string of the molecule is C[C@H](B1OC(C)(C)C(C)(C)O1)c1ccc2[nH]ccc2c1. The number of rotatable bonds is 2. The predicted octanol–water partition coefficient (Wildman–Crippen LogP) is 3.90. The van der Waals surface area contributed by atoms with E-state index in [0.717, 1.165) is 5.52 Å². The first kappa shape index (κ1) is 13.7. The maximum atomic E-state index is 6.14. The first-order valence-electron chi connectivity index (χ1n) is 7.23. The van der Waals surface area contributed by atoms with E-state index in [4.69, 9.17) is 9.31 Å². The lowest BCUT2D eigenvalue weighted by Crippen LogP contribution is -2.41. The highest BCUT2D eigenvalue weighted by molar-refractivity contribution is 6.47. The zero-order valence-corrected chi connectivity index (χ0v) is 12.9. The number of aromatic amines is 1. The molecule has 0 radical (unpaired) electrons. The Hall–Kier alpha value is -1.26. The van der Waals surface area contributed by atoms with E-state index in [2.05, 4.69) is 63.9 Å². The summed E-state index contributed by atoms with van der Waals surface area (Å²) in [6.07, 6.45) is 1.97. The molecule has 1 aliphatic rings. The van der Waals surface area contributed by atoms with Crippen LogP contribution in [0.1, 0.15) is 46.0 Å². The van der Waals surface area contributed by atoms with Gasteiger partial charge in [0.1, 0.15) is 0 Å². The van der Waals surface area contributed by atoms with Gasteiger partial charge in [0.05, 0.1) is 11.2 Å². The van der Waals surface area contributed by atoms with E-state index < -0.39 is 0 Å². The van der Waals surface area contributed by atoms with Crippen LogP contribution in [-0.2, 0) is 9.31 Å². The third-order valence-electron chi connectivity index (χ3n) is 4.78. The van der Waals surface area contributed by atoms with Gasteiger partial charge in [0.25, 0.3) is 0 Å². The van der Waals surface area contributed by atoms with E-state index in [1.165, 1.54) is 10.9 Å². The third-order valence-corrected chi connectivity index (χ3v) is 4.78. The summed E-state index contributed by atoms with van der Waals surface area (Å²) in [4.78, 5) is 3.22. The molecule has 1 fully saturated rings. The molecular formula is C16H22BNO2. The lowest BCUT2D eigenvalue weighted by atomic mass is 9.69. The molecule has 0 aliphatic carbocycles. The second-order valence-corrected chi connectivity index (χ2v) is 6.74. The lowest BCUT2D eigenvalue weighted by molar-refractivity contribution is 0.00578. The van der Waals surface area contributed by atoms with Crippen molar-refractivity contribution in [3.8, 4) is 0 Å². The highest BCUT2D eigenvalue weighted by Gasteiger charge is 2.52. The molecule has 0 saturated carbocycles. The zero-order valence-electron chi connectivity index (χ0n) is 12.9. The Morgan fingerprint density at radius 2 is 1.70 bits per heavy atom. The van der Waals surface area contributed by atoms with Crippen LogP contribution in [0.3, 0.4) is 0 Å². The number of benzene rings is 1. The van der Waals surface area contributed by atoms with Crippen LogP contribution in [0.25, 0.3) is 10.9 Å². The van der Waals surface area contributed by atoms with E-state index in [0.29, 0.717) is 0 Å². The van der Waals surface area contributed by atoms with Crippen LogP contribution < -0.4 is 0 Å². The number of fused-ring (bicyclic) bond motifs is 1. The molecule has 0 spiro atoms. The molecule has 2 heterocycles. The summed E-state index contributed by atoms with van der Waals surface area (Å²) in [7, 11) is -0.198. The van der Waals surface area contributed by atoms with Gasteiger partial charge in [0.15, 0.2) is 0 Å². The number of H-pyrrole nitrogens is 1. The smallest absolute Gasteiger partial charge is 0.403 e. The van der Waals surface area contributed by atoms with Crippen LogP contribution >= 0.6 is 0 Å². The molecule has 1 atom stereocenters. The zero-order chi connectivity index (χ0) is 14.5. The van der Waals surface area contributed by atoms with Crippen molar-refractivity contribution >= 4 is 18.0 Å². The number of aromatic nitrogens is 1. The molecule has 3 nitrogen and oxygen atoms in total. The van der Waals surface area contributed by atoms with Gasteiger partial charge in [-0.05, 0) is 56.8 Å². The van der Waals surface area contributed by atoms with Gasteiger partial charge in [0, 0.05) is 17.5 Å². The molecular weight excluding hydrogens is 249 g/mol. The van der Waals surface area contributed by atoms with Crippen molar-refractivity contribution in [3.05, 3.63) is 36.0 Å². The Labute approximate surface area is 120 Å². The number of nitrogens with one attached hydrogen (secondary N) is 1. The maximum absolute atomic E-state index is 6.14. The van der Waals surface area contributed by atoms with Crippen LogP contribution in [0.5, 0.6) is 0 Å². The Balaban J connectivity index is 1.87. The van der Waals surface area contributed by atoms with Gasteiger partial charge < -0.3 is 14.3 Å². The molecule has 4 heteroatoms. The van der Waals surface area contributed by atoms with Gasteiger partial charge in [0.2, 0.25) is 0 Å². The van der Waals surface area contributed by atoms with Gasteiger partial charge in [-0.25, -0.2) is 0 Å². The van der Waals surface area contributed by atoms with Gasteiger partial charge in [-0.15, -0.1) is 0 Å². The number of hydrogen-bond donors (Lipinski definition) is 1. The van der Waals surface area contributed by atoms with Gasteiger partial charge in [-0.2, -0.15) is 0 Å². The van der Waals surface area contributed by atoms with E-state index in [1.807, 2.05) is 6.20 Å². The standard InChI is InChI=1S/C16H22BNO2/c1-11(17-19-15(2,3)16(4,5)20-17)12-6-7-14-13(10-12)8-9-18-14/h6-11,18H,1-5H3/t11-/m0/s1. The fourth-order valence-electron chi connectivity index (χ4n) is 2.60. The van der Waals surface area contributed by atoms with Crippen LogP contribution in [0.2, 0.25) is 0 Å². The Kier molecular flexibility index (Phi) is 3.00. The van der Waals surface area contributed by atoms with E-state index >= 15 is 0 Å². The minimum absolute atomic E-state index is 0.198. The third kappa shape index (κ3) is 2.07. The predicted molar refractivity (Wildman–Crippen MR) is 82.8 cm³/mol. The largest absolute Gasteiger partial charge is 0.465 e. The van der Waals surface area contributed by atoms with E-state index in [-0.39, 0.29) is 24.1 Å². The van der Waals surface area contributed by atoms with Crippen molar-refractivity contribution in [2.75, 3.05) is 0 Å². The van der Waals surface area contributed by atoms with Crippen LogP contribution in [-0.4, -0.2) is 23.3 Å². The maximum Gasteiger partial charge on any atom is 0.465 e. The van der Waals surface area contributed by atoms with Crippen molar-refractivity contribution < 1.29 is 9.31 Å². The summed E-state index contributed by atoms with van der Waals surface area (Å²) >= 11 is 0. The average molecular weight is 271 g/mol. The van der Waals surface area contributed by atoms with Crippen molar-refractivity contribution in [1.29, 1.82) is 0 Å². The monoisotopic (exact) mass is 271 g/mol. The molecule has 1 N–H and O–H groups in total. The van der Waals surface area contributed by atoms with Crippen molar-refractivity contribution in [2.24, 2.45) is 0 Å². The quantitative estimate of drug-likeness (QED) is 0.840. The minimum Gasteiger partial charge on any atom is -0.403 e. The molecule has 0 bridgehead atoms. The molecule has 3 rings (SSSR count). The second kappa shape index (κ2) is 4.37. The van der Waals surface area contributed by atoms with Crippen molar-refractivity contribution in [2.45, 2.75) is 51.6 Å². The molecule has 2 aromatic rings. The van der Waals surface area contributed by atoms with E-state index in [9.17, 15) is 0 Å². The Morgan fingerprint density at radius 1 is 1.05 bits per heavy atom. The summed E-state index contributed by atoms with van der Waals surface area (Å²) in [5, 5.41) is 1.23. The first-order valence-corrected chi connectivity index (χ1v) is 7.23. The topological polar surface area (TPSA) is 34.2 Å². The fraction of sp³-hybridized carbons (Fsp3) is 0.500. The van der Waals surface area contributed by atoms with Gasteiger partial charge >= 0.3 is 7.12 Å². The first-order chi connectivity index (χ1) is 9.30. The highest BCUT2D eigenvalue weighted by atomic mass is 16.7. The molecule has 1 aliphatic heterocycles. The summed E-state index contributed by atoms with van der Waals surface area (Å²) in [6.45, 7) is 10.5. The summed E-state index contributed by atoms with van der Waals surface area (Å²) < 4.78 is 12.3. The molecule has 1 aromatic heterocycles. The van der Waals surface area contributed by atoms with Crippen LogP contribution in [0, 0.1) is 0 Å². The summed E-state index contributed by atoms with van der Waals surface area (Å²) in [5.41, 5.74) is 1.86. The summed E-state index contributed by atoms with van der Waals surface area (Å²) in [5.74, 6) is 0.204. The van der Waals surface area contributed by atoms with Crippen molar-refractivity contribution in [3.63, 3.8) is 0 Å². The molecule has 0 amide bonds. The van der Waals surface area contributed by atoms with Crippen LogP contribution in [0.15, 0.2) is 30.5 Å². The molecule has 1 saturated heterocycles. The van der Waals surface area contributed by atoms with Crippen molar-refractivity contribution in [1.82, 2.24) is 4.98 Å². The summed E-state index contributed by atoms with van der Waals surface area (Å²) in [6, 6.07) is 8.57. The van der Waals surface area contributed by atoms with Crippen LogP contribution in [0.4, 0.5) is 0 Å². The van der Waals surface area contributed by atoms with E-state index in [1.54, 1.807) is 0 Å². The highest BCUT2D eigenvalue weighted by Crippen LogP contribution is 2.40. The fourth-order valence-corrected chi connectivity index (χ4v) is 2.60. The minimum atomic E-state index is -0.274.